The molecule has 0 aliphatic heterocycles. The smallest absolute Gasteiger partial charge is 0.164 e. The molecule has 56 heavy (non-hydrogen) atoms. The molecule has 0 saturated heterocycles. The minimum atomic E-state index is -0.630. The summed E-state index contributed by atoms with van der Waals surface area (Å²) in [7, 11) is 0. The zero-order chi connectivity index (χ0) is 36.8. The van der Waals surface area contributed by atoms with Crippen LogP contribution in [0.4, 0.5) is 0 Å². The molecule has 0 amide bonds. The van der Waals surface area contributed by atoms with Crippen molar-refractivity contribution in [2.75, 3.05) is 0 Å². The topological polar surface area (TPSA) is 38.7 Å². The van der Waals surface area contributed by atoms with Crippen LogP contribution < -0.4 is 0 Å². The van der Waals surface area contributed by atoms with E-state index in [1.165, 1.54) is 75.8 Å². The van der Waals surface area contributed by atoms with Crippen molar-refractivity contribution in [3.05, 3.63) is 210 Å². The van der Waals surface area contributed by atoms with Crippen LogP contribution in [-0.4, -0.2) is 15.0 Å². The van der Waals surface area contributed by atoms with E-state index in [0.29, 0.717) is 17.5 Å². The van der Waals surface area contributed by atoms with Gasteiger partial charge in [0, 0.05) is 42.4 Å². The molecule has 260 valence electrons. The summed E-state index contributed by atoms with van der Waals surface area (Å²) in [5.74, 6) is 1.95. The van der Waals surface area contributed by atoms with Gasteiger partial charge in [0.05, 0.1) is 5.41 Å². The molecule has 1 unspecified atom stereocenters. The maximum Gasteiger partial charge on any atom is 0.164 e. The Hall–Kier alpha value is -7.01. The van der Waals surface area contributed by atoms with Gasteiger partial charge in [-0.05, 0) is 62.2 Å². The Kier molecular flexibility index (Phi) is 6.72. The van der Waals surface area contributed by atoms with Gasteiger partial charge >= 0.3 is 0 Å². The molecular formula is C52H31N3S. The van der Waals surface area contributed by atoms with Crippen LogP contribution in [0.2, 0.25) is 0 Å². The van der Waals surface area contributed by atoms with Crippen LogP contribution in [0, 0.1) is 0 Å². The van der Waals surface area contributed by atoms with Crippen molar-refractivity contribution in [1.82, 2.24) is 15.0 Å². The molecule has 3 nitrogen and oxygen atoms in total. The van der Waals surface area contributed by atoms with Crippen molar-refractivity contribution in [2.24, 2.45) is 0 Å². The minimum Gasteiger partial charge on any atom is -0.208 e. The molecule has 10 aromatic rings. The number of fused-ring (bicyclic) bond motifs is 16. The molecule has 2 aliphatic rings. The van der Waals surface area contributed by atoms with E-state index in [2.05, 4.69) is 152 Å². The van der Waals surface area contributed by atoms with Crippen molar-refractivity contribution in [1.29, 1.82) is 0 Å². The average molecular weight is 730 g/mol. The molecule has 12 rings (SSSR count). The highest BCUT2D eigenvalue weighted by Gasteiger charge is 2.50. The highest BCUT2D eigenvalue weighted by molar-refractivity contribution is 7.26. The predicted octanol–water partition coefficient (Wildman–Crippen LogP) is 13.3. The van der Waals surface area contributed by atoms with E-state index in [1.54, 1.807) is 0 Å². The number of thiophene rings is 1. The first-order valence-electron chi connectivity index (χ1n) is 19.0. The lowest BCUT2D eigenvalue weighted by Gasteiger charge is -2.35. The summed E-state index contributed by atoms with van der Waals surface area (Å²) in [6.45, 7) is 0. The molecule has 1 spiro atoms. The fourth-order valence-electron chi connectivity index (χ4n) is 9.43. The largest absolute Gasteiger partial charge is 0.208 e. The monoisotopic (exact) mass is 729 g/mol. The summed E-state index contributed by atoms with van der Waals surface area (Å²) >= 11 is 1.91. The predicted molar refractivity (Wildman–Crippen MR) is 231 cm³/mol. The summed E-state index contributed by atoms with van der Waals surface area (Å²) in [5, 5.41) is 2.62. The molecule has 0 fully saturated rings. The maximum atomic E-state index is 5.21. The first-order chi connectivity index (χ1) is 27.8. The zero-order valence-electron chi connectivity index (χ0n) is 30.1. The second-order valence-electron chi connectivity index (χ2n) is 14.6. The molecule has 0 saturated carbocycles. The normalized spacial score (nSPS) is 14.9. The van der Waals surface area contributed by atoms with Crippen molar-refractivity contribution in [3.8, 4) is 67.5 Å². The van der Waals surface area contributed by atoms with Crippen LogP contribution in [0.5, 0.6) is 0 Å². The Balaban J connectivity index is 1.22. The Morgan fingerprint density at radius 2 is 0.857 bits per heavy atom. The van der Waals surface area contributed by atoms with E-state index in [1.807, 2.05) is 47.7 Å². The lowest BCUT2D eigenvalue weighted by molar-refractivity contribution is 0.776. The van der Waals surface area contributed by atoms with Crippen molar-refractivity contribution in [2.45, 2.75) is 5.41 Å². The number of hydrogen-bond acceptors (Lipinski definition) is 4. The standard InChI is InChI=1S/C52H31N3S/c1-3-15-32(16-4-1)49-53-50(33-17-5-2-6-18-33)55-51(54-49)34-27-28-38-36-20-8-7-19-35(36)37-21-9-12-24-42(37)52(45(38)31-34)43-25-13-10-23-41(43)47-44(52)30-29-40-39-22-11-14-26-46(39)56-48(40)47/h1-31H. The van der Waals surface area contributed by atoms with E-state index < -0.39 is 5.41 Å². The van der Waals surface area contributed by atoms with Gasteiger partial charge in [0.25, 0.3) is 0 Å². The van der Waals surface area contributed by atoms with Gasteiger partial charge in [-0.1, -0.05) is 176 Å². The number of nitrogens with zero attached hydrogens (tertiary/aromatic N) is 3. The van der Waals surface area contributed by atoms with Crippen molar-refractivity contribution >= 4 is 31.5 Å². The van der Waals surface area contributed by atoms with Crippen LogP contribution in [0.15, 0.2) is 188 Å². The Morgan fingerprint density at radius 3 is 1.54 bits per heavy atom. The average Bonchev–Trinajstić information content (AvgIpc) is 3.77. The number of rotatable bonds is 3. The summed E-state index contributed by atoms with van der Waals surface area (Å²) in [4.78, 5) is 15.4. The highest BCUT2D eigenvalue weighted by atomic mass is 32.1. The molecule has 1 atom stereocenters. The molecular weight excluding hydrogens is 699 g/mol. The summed E-state index contributed by atoms with van der Waals surface area (Å²) in [6, 6.07) is 68.0. The second-order valence-corrected chi connectivity index (χ2v) is 15.7. The van der Waals surface area contributed by atoms with Gasteiger partial charge in [0.15, 0.2) is 17.5 Å². The van der Waals surface area contributed by atoms with Crippen molar-refractivity contribution in [3.63, 3.8) is 0 Å². The fraction of sp³-hybridized carbons (Fsp3) is 0.0192. The van der Waals surface area contributed by atoms with Gasteiger partial charge in [-0.25, -0.2) is 15.0 Å². The number of hydrogen-bond donors (Lipinski definition) is 0. The Morgan fingerprint density at radius 1 is 0.339 bits per heavy atom. The fourth-order valence-corrected chi connectivity index (χ4v) is 10.7. The van der Waals surface area contributed by atoms with Gasteiger partial charge in [-0.15, -0.1) is 11.3 Å². The van der Waals surface area contributed by atoms with Crippen LogP contribution in [-0.2, 0) is 5.41 Å². The first-order valence-corrected chi connectivity index (χ1v) is 19.8. The van der Waals surface area contributed by atoms with Crippen LogP contribution in [0.3, 0.4) is 0 Å². The molecule has 4 heteroatoms. The SMILES string of the molecule is c1ccc(-c2nc(-c3ccccc3)nc(-c3ccc4c(c3)C3(c5ccccc5-c5ccccc5-4)c4ccccc4-c4c3ccc3c4sc4ccccc43)n2)cc1. The molecule has 2 aromatic heterocycles. The van der Waals surface area contributed by atoms with E-state index in [-0.39, 0.29) is 0 Å². The summed E-state index contributed by atoms with van der Waals surface area (Å²) < 4.78 is 2.64. The summed E-state index contributed by atoms with van der Waals surface area (Å²) in [6.07, 6.45) is 0. The third kappa shape index (κ3) is 4.36. The minimum absolute atomic E-state index is 0.630. The van der Waals surface area contributed by atoms with Gasteiger partial charge in [-0.2, -0.15) is 0 Å². The van der Waals surface area contributed by atoms with Gasteiger partial charge < -0.3 is 0 Å². The van der Waals surface area contributed by atoms with Crippen LogP contribution in [0.25, 0.3) is 87.7 Å². The Bertz CT molecular complexity index is 3140. The van der Waals surface area contributed by atoms with E-state index in [9.17, 15) is 0 Å². The van der Waals surface area contributed by atoms with E-state index in [4.69, 9.17) is 15.0 Å². The molecule has 2 heterocycles. The maximum absolute atomic E-state index is 5.21. The third-order valence-electron chi connectivity index (χ3n) is 11.8. The lowest BCUT2D eigenvalue weighted by Crippen LogP contribution is -2.29. The van der Waals surface area contributed by atoms with Crippen LogP contribution in [0.1, 0.15) is 22.3 Å². The number of aromatic nitrogens is 3. The molecule has 0 bridgehead atoms. The van der Waals surface area contributed by atoms with Gasteiger partial charge in [0.1, 0.15) is 0 Å². The first kappa shape index (κ1) is 31.4. The second kappa shape index (κ2) is 12.0. The van der Waals surface area contributed by atoms with E-state index in [0.717, 1.165) is 16.7 Å². The number of benzene rings is 8. The molecule has 8 aromatic carbocycles. The van der Waals surface area contributed by atoms with Gasteiger partial charge in [0.2, 0.25) is 0 Å². The quantitative estimate of drug-likeness (QED) is 0.182. The third-order valence-corrected chi connectivity index (χ3v) is 13.0. The van der Waals surface area contributed by atoms with Crippen molar-refractivity contribution < 1.29 is 0 Å². The molecule has 0 N–H and O–H groups in total. The van der Waals surface area contributed by atoms with Gasteiger partial charge in [-0.3, -0.25) is 0 Å². The molecule has 2 aliphatic carbocycles. The zero-order valence-corrected chi connectivity index (χ0v) is 31.0. The van der Waals surface area contributed by atoms with E-state index >= 15 is 0 Å². The summed E-state index contributed by atoms with van der Waals surface area (Å²) in [5.41, 5.74) is 14.9. The lowest BCUT2D eigenvalue weighted by atomic mass is 9.65. The Labute approximate surface area is 328 Å². The highest BCUT2D eigenvalue weighted by Crippen LogP contribution is 2.63. The molecule has 0 radical (unpaired) electrons. The van der Waals surface area contributed by atoms with Crippen LogP contribution >= 0.6 is 11.3 Å².